The molecule has 0 N–H and O–H groups in total. The predicted octanol–water partition coefficient (Wildman–Crippen LogP) is 2.74. The monoisotopic (exact) mass is 232 g/mol. The summed E-state index contributed by atoms with van der Waals surface area (Å²) in [6, 6.07) is 5.36. The molecule has 0 aliphatic carbocycles. The summed E-state index contributed by atoms with van der Waals surface area (Å²) in [7, 11) is 0.175. The number of rotatable bonds is 2. The molecule has 1 aromatic carbocycles. The van der Waals surface area contributed by atoms with Crippen molar-refractivity contribution in [3.63, 3.8) is 0 Å². The highest BCUT2D eigenvalue weighted by Crippen LogP contribution is 2.15. The van der Waals surface area contributed by atoms with Gasteiger partial charge in [-0.2, -0.15) is 0 Å². The van der Waals surface area contributed by atoms with Crippen LogP contribution in [0.1, 0.15) is 15.9 Å². The number of carbonyl (C=O) groups excluding carboxylic acids is 1. The Bertz CT molecular complexity index is 447. The van der Waals surface area contributed by atoms with Crippen molar-refractivity contribution in [2.24, 2.45) is 0 Å². The van der Waals surface area contributed by atoms with Gasteiger partial charge in [-0.05, 0) is 18.2 Å². The molecule has 0 spiro atoms. The van der Waals surface area contributed by atoms with Gasteiger partial charge in [0.1, 0.15) is 13.8 Å². The molecule has 0 aliphatic heterocycles. The van der Waals surface area contributed by atoms with E-state index in [1.165, 1.54) is 0 Å². The first kappa shape index (κ1) is 12.5. The number of carbonyl (C=O) groups is 1. The molecule has 0 saturated carbocycles. The highest BCUT2D eigenvalue weighted by atomic mass is 28.3. The van der Waals surface area contributed by atoms with Gasteiger partial charge in [0.2, 0.25) is 0 Å². The molecule has 0 aliphatic rings. The minimum atomic E-state index is -1.41. The maximum atomic E-state index is 10.9. The molecule has 0 unspecified atom stereocenters. The van der Waals surface area contributed by atoms with Crippen molar-refractivity contribution in [3.8, 4) is 17.2 Å². The van der Waals surface area contributed by atoms with Crippen LogP contribution in [-0.4, -0.2) is 21.5 Å². The Balaban J connectivity index is 3.13. The summed E-state index contributed by atoms with van der Waals surface area (Å²) >= 11 is 0. The molecule has 2 nitrogen and oxygen atoms in total. The summed E-state index contributed by atoms with van der Waals surface area (Å²) in [4.78, 5) is 10.9. The molecule has 16 heavy (non-hydrogen) atoms. The van der Waals surface area contributed by atoms with Gasteiger partial charge in [-0.3, -0.25) is 4.79 Å². The zero-order valence-electron chi connectivity index (χ0n) is 10.1. The summed E-state index contributed by atoms with van der Waals surface area (Å²) < 4.78 is 5.06. The number of aldehydes is 1. The first-order valence-electron chi connectivity index (χ1n) is 5.12. The third-order valence-corrected chi connectivity index (χ3v) is 2.83. The van der Waals surface area contributed by atoms with Gasteiger partial charge in [-0.1, -0.05) is 25.6 Å². The summed E-state index contributed by atoms with van der Waals surface area (Å²) in [6.07, 6.45) is 0.816. The minimum Gasteiger partial charge on any atom is -0.497 e. The molecule has 0 bridgehead atoms. The highest BCUT2D eigenvalue weighted by Gasteiger charge is 2.08. The number of benzene rings is 1. The molecule has 0 heterocycles. The van der Waals surface area contributed by atoms with Gasteiger partial charge in [0.25, 0.3) is 0 Å². The minimum absolute atomic E-state index is 0.588. The summed E-state index contributed by atoms with van der Waals surface area (Å²) in [5.41, 5.74) is 4.60. The number of ether oxygens (including phenoxy) is 1. The van der Waals surface area contributed by atoms with Crippen LogP contribution in [0.4, 0.5) is 0 Å². The van der Waals surface area contributed by atoms with E-state index in [1.807, 2.05) is 12.1 Å². The molecule has 0 radical (unpaired) electrons. The van der Waals surface area contributed by atoms with E-state index in [0.29, 0.717) is 11.3 Å². The second kappa shape index (κ2) is 5.00. The van der Waals surface area contributed by atoms with E-state index < -0.39 is 8.07 Å². The van der Waals surface area contributed by atoms with E-state index in [4.69, 9.17) is 4.74 Å². The molecular formula is C13H16O2Si. The topological polar surface area (TPSA) is 26.3 Å². The van der Waals surface area contributed by atoms with Gasteiger partial charge in [-0.15, -0.1) is 5.54 Å². The maximum absolute atomic E-state index is 10.9. The Labute approximate surface area is 97.6 Å². The molecule has 0 saturated heterocycles. The van der Waals surface area contributed by atoms with Crippen LogP contribution >= 0.6 is 0 Å². The van der Waals surface area contributed by atoms with Gasteiger partial charge >= 0.3 is 0 Å². The van der Waals surface area contributed by atoms with Gasteiger partial charge in [-0.25, -0.2) is 0 Å². The fraction of sp³-hybridized carbons (Fsp3) is 0.308. The molecule has 3 heteroatoms. The quantitative estimate of drug-likeness (QED) is 0.445. The third-order valence-electron chi connectivity index (χ3n) is 1.96. The van der Waals surface area contributed by atoms with E-state index in [-0.39, 0.29) is 0 Å². The Morgan fingerprint density at radius 2 is 2.00 bits per heavy atom. The molecular weight excluding hydrogens is 216 g/mol. The Hall–Kier alpha value is -1.53. The van der Waals surface area contributed by atoms with Crippen LogP contribution < -0.4 is 4.74 Å². The van der Waals surface area contributed by atoms with Crippen LogP contribution in [0.5, 0.6) is 5.75 Å². The van der Waals surface area contributed by atoms with E-state index in [9.17, 15) is 4.79 Å². The molecule has 0 fully saturated rings. The lowest BCUT2D eigenvalue weighted by Gasteiger charge is -2.05. The third kappa shape index (κ3) is 3.56. The zero-order chi connectivity index (χ0) is 12.2. The van der Waals surface area contributed by atoms with Crippen LogP contribution in [0.15, 0.2) is 18.2 Å². The molecule has 0 atom stereocenters. The van der Waals surface area contributed by atoms with Gasteiger partial charge in [0, 0.05) is 11.1 Å². The molecule has 1 aromatic rings. The average molecular weight is 232 g/mol. The van der Waals surface area contributed by atoms with Crippen molar-refractivity contribution in [1.82, 2.24) is 0 Å². The van der Waals surface area contributed by atoms with Crippen molar-refractivity contribution in [1.29, 1.82) is 0 Å². The number of hydrogen-bond donors (Lipinski definition) is 0. The number of hydrogen-bond acceptors (Lipinski definition) is 2. The Morgan fingerprint density at radius 1 is 1.31 bits per heavy atom. The average Bonchev–Trinajstić information content (AvgIpc) is 2.25. The summed E-state index contributed by atoms with van der Waals surface area (Å²) in [6.45, 7) is 6.51. The van der Waals surface area contributed by atoms with Crippen molar-refractivity contribution >= 4 is 14.4 Å². The largest absolute Gasteiger partial charge is 0.497 e. The molecule has 1 rings (SSSR count). The normalized spacial score (nSPS) is 10.2. The first-order chi connectivity index (χ1) is 7.46. The maximum Gasteiger partial charge on any atom is 0.151 e. The van der Waals surface area contributed by atoms with E-state index in [1.54, 1.807) is 13.2 Å². The van der Waals surface area contributed by atoms with Gasteiger partial charge in [0.15, 0.2) is 6.29 Å². The van der Waals surface area contributed by atoms with Gasteiger partial charge in [0.05, 0.1) is 7.11 Å². The smallest absolute Gasteiger partial charge is 0.151 e. The summed E-state index contributed by atoms with van der Waals surface area (Å²) in [5, 5.41) is 0. The fourth-order valence-corrected chi connectivity index (χ4v) is 1.64. The van der Waals surface area contributed by atoms with Crippen LogP contribution in [0.25, 0.3) is 0 Å². The zero-order valence-corrected chi connectivity index (χ0v) is 11.1. The first-order valence-corrected chi connectivity index (χ1v) is 8.62. The lowest BCUT2D eigenvalue weighted by atomic mass is 10.1. The second-order valence-electron chi connectivity index (χ2n) is 4.57. The predicted molar refractivity (Wildman–Crippen MR) is 68.6 cm³/mol. The molecule has 84 valence electrons. The lowest BCUT2D eigenvalue weighted by Crippen LogP contribution is -2.16. The van der Waals surface area contributed by atoms with Crippen molar-refractivity contribution < 1.29 is 9.53 Å². The van der Waals surface area contributed by atoms with Crippen LogP contribution in [0.3, 0.4) is 0 Å². The molecule has 0 aromatic heterocycles. The van der Waals surface area contributed by atoms with Crippen molar-refractivity contribution in [3.05, 3.63) is 29.3 Å². The standard InChI is InChI=1S/C13H16O2Si/c1-15-13-6-5-11(12(9-13)10-14)7-8-16(2,3)4/h5-6,9-10H,1-4H3. The van der Waals surface area contributed by atoms with Crippen molar-refractivity contribution in [2.45, 2.75) is 19.6 Å². The second-order valence-corrected chi connectivity index (χ2v) is 9.32. The van der Waals surface area contributed by atoms with E-state index in [0.717, 1.165) is 11.8 Å². The van der Waals surface area contributed by atoms with Crippen LogP contribution in [0.2, 0.25) is 19.6 Å². The van der Waals surface area contributed by atoms with E-state index >= 15 is 0 Å². The van der Waals surface area contributed by atoms with Crippen LogP contribution in [-0.2, 0) is 0 Å². The van der Waals surface area contributed by atoms with Crippen LogP contribution in [0, 0.1) is 11.5 Å². The Kier molecular flexibility index (Phi) is 3.91. The van der Waals surface area contributed by atoms with Crippen molar-refractivity contribution in [2.75, 3.05) is 7.11 Å². The number of methoxy groups -OCH3 is 1. The fourth-order valence-electron chi connectivity index (χ4n) is 1.13. The lowest BCUT2D eigenvalue weighted by molar-refractivity contribution is 0.112. The van der Waals surface area contributed by atoms with Gasteiger partial charge < -0.3 is 4.74 Å². The highest BCUT2D eigenvalue weighted by molar-refractivity contribution is 6.83. The summed E-state index contributed by atoms with van der Waals surface area (Å²) in [5.74, 6) is 3.76. The SMILES string of the molecule is COc1ccc(C#C[Si](C)(C)C)c(C=O)c1. The molecule has 0 amide bonds. The van der Waals surface area contributed by atoms with E-state index in [2.05, 4.69) is 31.1 Å². The Morgan fingerprint density at radius 3 is 2.50 bits per heavy atom.